The average molecular weight is 403 g/mol. The van der Waals surface area contributed by atoms with E-state index in [0.29, 0.717) is 22.9 Å². The van der Waals surface area contributed by atoms with Crippen LogP contribution in [0.5, 0.6) is 17.2 Å². The Kier molecular flexibility index (Phi) is 4.61. The normalized spacial score (nSPS) is 10.3. The van der Waals surface area contributed by atoms with Crippen LogP contribution in [0, 0.1) is 3.57 Å². The summed E-state index contributed by atoms with van der Waals surface area (Å²) in [5.74, 6) is 0.382. The molecule has 2 rings (SSSR count). The number of aromatic nitrogens is 1. The molecule has 0 atom stereocenters. The summed E-state index contributed by atoms with van der Waals surface area (Å²) < 4.78 is 18.2. The zero-order valence-electron chi connectivity index (χ0n) is 11.7. The number of methoxy groups -OCH3 is 3. The summed E-state index contributed by atoms with van der Waals surface area (Å²) in [4.78, 5) is 11.3. The number of rotatable bonds is 5. The number of carboxylic acid groups (broad SMARTS) is 1. The van der Waals surface area contributed by atoms with E-state index in [1.165, 1.54) is 21.3 Å². The molecule has 0 aliphatic carbocycles. The summed E-state index contributed by atoms with van der Waals surface area (Å²) >= 11 is 2.07. The highest BCUT2D eigenvalue weighted by Gasteiger charge is 2.18. The van der Waals surface area contributed by atoms with E-state index in [1.807, 2.05) is 0 Å². The van der Waals surface area contributed by atoms with E-state index in [0.717, 1.165) is 3.57 Å². The van der Waals surface area contributed by atoms with E-state index in [4.69, 9.17) is 14.2 Å². The van der Waals surface area contributed by atoms with E-state index in [1.54, 1.807) is 29.0 Å². The van der Waals surface area contributed by atoms with Crippen LogP contribution in [-0.2, 0) is 0 Å². The smallest absolute Gasteiger partial charge is 0.352 e. The van der Waals surface area contributed by atoms with Gasteiger partial charge in [0.15, 0.2) is 11.5 Å². The van der Waals surface area contributed by atoms with Crippen LogP contribution in [0.1, 0.15) is 10.5 Å². The molecule has 1 heterocycles. The summed E-state index contributed by atoms with van der Waals surface area (Å²) in [5, 5.41) is 9.28. The molecule has 0 saturated carbocycles. The topological polar surface area (TPSA) is 69.9 Å². The summed E-state index contributed by atoms with van der Waals surface area (Å²) in [6.45, 7) is 0. The maximum atomic E-state index is 11.3. The van der Waals surface area contributed by atoms with Gasteiger partial charge in [-0.15, -0.1) is 0 Å². The minimum atomic E-state index is -1.01. The van der Waals surface area contributed by atoms with Crippen molar-refractivity contribution in [3.63, 3.8) is 0 Å². The maximum absolute atomic E-state index is 11.3. The first kappa shape index (κ1) is 15.5. The van der Waals surface area contributed by atoms with Crippen molar-refractivity contribution < 1.29 is 24.1 Å². The van der Waals surface area contributed by atoms with Gasteiger partial charge in [0.1, 0.15) is 5.69 Å². The number of hydrogen-bond acceptors (Lipinski definition) is 4. The fourth-order valence-electron chi connectivity index (χ4n) is 2.02. The number of benzene rings is 1. The van der Waals surface area contributed by atoms with Crippen LogP contribution in [0.3, 0.4) is 0 Å². The molecule has 0 fully saturated rings. The van der Waals surface area contributed by atoms with Gasteiger partial charge in [-0.3, -0.25) is 0 Å². The average Bonchev–Trinajstić information content (AvgIpc) is 2.87. The molecule has 6 nitrogen and oxygen atoms in total. The molecule has 112 valence electrons. The van der Waals surface area contributed by atoms with E-state index in [2.05, 4.69) is 22.6 Å². The Hall–Kier alpha value is -1.90. The lowest BCUT2D eigenvalue weighted by Gasteiger charge is -2.15. The number of hydrogen-bond donors (Lipinski definition) is 1. The number of carboxylic acids is 1. The maximum Gasteiger partial charge on any atom is 0.352 e. The Morgan fingerprint density at radius 1 is 1.10 bits per heavy atom. The second-order valence-electron chi connectivity index (χ2n) is 4.10. The number of halogens is 1. The first-order chi connectivity index (χ1) is 10.0. The van der Waals surface area contributed by atoms with Crippen molar-refractivity contribution in [2.75, 3.05) is 21.3 Å². The highest BCUT2D eigenvalue weighted by atomic mass is 127. The van der Waals surface area contributed by atoms with Crippen molar-refractivity contribution in [2.24, 2.45) is 0 Å². The summed E-state index contributed by atoms with van der Waals surface area (Å²) in [6.07, 6.45) is 1.73. The third-order valence-corrected chi connectivity index (χ3v) is 3.52. The van der Waals surface area contributed by atoms with Crippen molar-refractivity contribution in [3.05, 3.63) is 33.7 Å². The van der Waals surface area contributed by atoms with Crippen LogP contribution in [-0.4, -0.2) is 37.0 Å². The van der Waals surface area contributed by atoms with Gasteiger partial charge in [-0.05, 0) is 28.7 Å². The molecule has 7 heteroatoms. The molecule has 0 aliphatic heterocycles. The highest BCUT2D eigenvalue weighted by Crippen LogP contribution is 2.39. The second kappa shape index (κ2) is 6.25. The van der Waals surface area contributed by atoms with Crippen LogP contribution >= 0.6 is 22.6 Å². The largest absolute Gasteiger partial charge is 0.493 e. The predicted molar refractivity (Wildman–Crippen MR) is 85.1 cm³/mol. The molecule has 0 amide bonds. The van der Waals surface area contributed by atoms with E-state index in [-0.39, 0.29) is 5.69 Å². The molecule has 0 unspecified atom stereocenters. The monoisotopic (exact) mass is 403 g/mol. The first-order valence-electron chi connectivity index (χ1n) is 5.93. The van der Waals surface area contributed by atoms with Gasteiger partial charge in [-0.2, -0.15) is 0 Å². The van der Waals surface area contributed by atoms with Gasteiger partial charge in [0, 0.05) is 21.9 Å². The Bertz CT molecular complexity index is 655. The van der Waals surface area contributed by atoms with Crippen molar-refractivity contribution in [2.45, 2.75) is 0 Å². The van der Waals surface area contributed by atoms with Crippen molar-refractivity contribution in [3.8, 4) is 22.9 Å². The van der Waals surface area contributed by atoms with Gasteiger partial charge < -0.3 is 23.9 Å². The van der Waals surface area contributed by atoms with Gasteiger partial charge in [-0.1, -0.05) is 0 Å². The number of ether oxygens (including phenoxy) is 3. The molecule has 1 aromatic carbocycles. The summed E-state index contributed by atoms with van der Waals surface area (Å²) in [6, 6.07) is 4.99. The number of aromatic carboxylic acids is 1. The minimum Gasteiger partial charge on any atom is -0.493 e. The SMILES string of the molecule is COc1cc(-n2cc(I)cc2C(=O)O)cc(OC)c1OC. The number of nitrogens with zero attached hydrogens (tertiary/aromatic N) is 1. The molecular formula is C14H14INO5. The molecular weight excluding hydrogens is 389 g/mol. The van der Waals surface area contributed by atoms with Gasteiger partial charge in [0.25, 0.3) is 0 Å². The van der Waals surface area contributed by atoms with Gasteiger partial charge in [0.2, 0.25) is 5.75 Å². The van der Waals surface area contributed by atoms with Gasteiger partial charge in [0.05, 0.1) is 27.0 Å². The molecule has 1 aromatic heterocycles. The highest BCUT2D eigenvalue weighted by molar-refractivity contribution is 14.1. The molecule has 0 radical (unpaired) electrons. The Labute approximate surface area is 135 Å². The number of carbonyl (C=O) groups is 1. The van der Waals surface area contributed by atoms with Crippen LogP contribution < -0.4 is 14.2 Å². The van der Waals surface area contributed by atoms with E-state index in [9.17, 15) is 9.90 Å². The van der Waals surface area contributed by atoms with Crippen molar-refractivity contribution in [1.82, 2.24) is 4.57 Å². The minimum absolute atomic E-state index is 0.161. The zero-order valence-corrected chi connectivity index (χ0v) is 13.9. The van der Waals surface area contributed by atoms with E-state index < -0.39 is 5.97 Å². The lowest BCUT2D eigenvalue weighted by Crippen LogP contribution is -2.06. The Morgan fingerprint density at radius 2 is 1.67 bits per heavy atom. The molecule has 0 spiro atoms. The lowest BCUT2D eigenvalue weighted by molar-refractivity contribution is 0.0688. The molecule has 0 aliphatic rings. The zero-order chi connectivity index (χ0) is 15.6. The third-order valence-electron chi connectivity index (χ3n) is 2.93. The Balaban J connectivity index is 2.67. The molecule has 21 heavy (non-hydrogen) atoms. The fourth-order valence-corrected chi connectivity index (χ4v) is 2.59. The fraction of sp³-hybridized carbons (Fsp3) is 0.214. The lowest BCUT2D eigenvalue weighted by atomic mass is 10.2. The Morgan fingerprint density at radius 3 is 2.10 bits per heavy atom. The molecule has 1 N–H and O–H groups in total. The predicted octanol–water partition coefficient (Wildman–Crippen LogP) is 2.81. The quantitative estimate of drug-likeness (QED) is 0.778. The van der Waals surface area contributed by atoms with Gasteiger partial charge >= 0.3 is 5.97 Å². The molecule has 0 bridgehead atoms. The second-order valence-corrected chi connectivity index (χ2v) is 5.35. The van der Waals surface area contributed by atoms with Crippen LogP contribution in [0.25, 0.3) is 5.69 Å². The first-order valence-corrected chi connectivity index (χ1v) is 7.01. The van der Waals surface area contributed by atoms with Crippen LogP contribution in [0.2, 0.25) is 0 Å². The third kappa shape index (κ3) is 2.92. The van der Waals surface area contributed by atoms with Gasteiger partial charge in [-0.25, -0.2) is 4.79 Å². The summed E-state index contributed by atoms with van der Waals surface area (Å²) in [5.41, 5.74) is 0.776. The standard InChI is InChI=1S/C14H14INO5/c1-19-11-5-9(6-12(20-2)13(11)21-3)16-7-8(15)4-10(16)14(17)18/h4-7H,1-3H3,(H,17,18). The van der Waals surface area contributed by atoms with Crippen molar-refractivity contribution in [1.29, 1.82) is 0 Å². The van der Waals surface area contributed by atoms with Crippen molar-refractivity contribution >= 4 is 28.6 Å². The molecule has 0 saturated heterocycles. The van der Waals surface area contributed by atoms with E-state index >= 15 is 0 Å². The summed E-state index contributed by atoms with van der Waals surface area (Å²) in [7, 11) is 4.54. The molecule has 2 aromatic rings. The van der Waals surface area contributed by atoms with Crippen LogP contribution in [0.15, 0.2) is 24.4 Å². The van der Waals surface area contributed by atoms with Crippen LogP contribution in [0.4, 0.5) is 0 Å².